The molecular formula is C19H27N5O4. The van der Waals surface area contributed by atoms with E-state index in [1.165, 1.54) is 11.6 Å². The van der Waals surface area contributed by atoms with Gasteiger partial charge in [0.05, 0.1) is 12.0 Å². The molecule has 2 aromatic heterocycles. The Kier molecular flexibility index (Phi) is 5.66. The van der Waals surface area contributed by atoms with Crippen LogP contribution in [0.2, 0.25) is 0 Å². The van der Waals surface area contributed by atoms with Crippen molar-refractivity contribution < 1.29 is 9.53 Å². The first-order valence-electron chi connectivity index (χ1n) is 9.35. The number of aromatic nitrogens is 3. The number of hydrogen-bond donors (Lipinski definition) is 2. The molecule has 0 spiro atoms. The maximum atomic E-state index is 12.8. The van der Waals surface area contributed by atoms with Gasteiger partial charge in [-0.1, -0.05) is 0 Å². The first-order chi connectivity index (χ1) is 13.3. The lowest BCUT2D eigenvalue weighted by atomic mass is 9.79. The third-order valence-electron chi connectivity index (χ3n) is 5.58. The van der Waals surface area contributed by atoms with Crippen LogP contribution in [0, 0.1) is 12.3 Å². The van der Waals surface area contributed by atoms with Gasteiger partial charge in [-0.05, 0) is 44.5 Å². The number of carbonyl (C=O) groups excluding carboxylic acids is 1. The van der Waals surface area contributed by atoms with E-state index in [9.17, 15) is 14.4 Å². The Morgan fingerprint density at radius 3 is 2.61 bits per heavy atom. The fourth-order valence-corrected chi connectivity index (χ4v) is 3.84. The minimum atomic E-state index is -0.476. The zero-order chi connectivity index (χ0) is 20.5. The maximum absolute atomic E-state index is 12.8. The fourth-order valence-electron chi connectivity index (χ4n) is 3.84. The number of amides is 1. The molecule has 0 saturated carbocycles. The second kappa shape index (κ2) is 7.84. The van der Waals surface area contributed by atoms with Crippen molar-refractivity contribution in [1.29, 1.82) is 0 Å². The molecule has 1 fully saturated rings. The number of rotatable bonds is 5. The molecule has 0 radical (unpaired) electrons. The first-order valence-corrected chi connectivity index (χ1v) is 9.35. The van der Waals surface area contributed by atoms with E-state index in [4.69, 9.17) is 4.74 Å². The van der Waals surface area contributed by atoms with Gasteiger partial charge < -0.3 is 15.4 Å². The van der Waals surface area contributed by atoms with Gasteiger partial charge in [0.1, 0.15) is 11.3 Å². The highest BCUT2D eigenvalue weighted by molar-refractivity contribution is 5.95. The highest BCUT2D eigenvalue weighted by Crippen LogP contribution is 2.28. The smallest absolute Gasteiger partial charge is 0.332 e. The fraction of sp³-hybridized carbons (Fsp3) is 0.579. The van der Waals surface area contributed by atoms with Gasteiger partial charge in [0.2, 0.25) is 0 Å². The molecule has 0 bridgehead atoms. The van der Waals surface area contributed by atoms with Gasteiger partial charge in [0.25, 0.3) is 11.5 Å². The lowest BCUT2D eigenvalue weighted by Gasteiger charge is -2.37. The van der Waals surface area contributed by atoms with E-state index in [-0.39, 0.29) is 22.7 Å². The number of fused-ring (bicyclic) bond motifs is 1. The summed E-state index contributed by atoms with van der Waals surface area (Å²) in [6.45, 7) is 4.57. The highest BCUT2D eigenvalue weighted by atomic mass is 16.5. The summed E-state index contributed by atoms with van der Waals surface area (Å²) in [4.78, 5) is 41.7. The van der Waals surface area contributed by atoms with Gasteiger partial charge in [-0.25, -0.2) is 9.78 Å². The first kappa shape index (κ1) is 20.2. The van der Waals surface area contributed by atoms with Gasteiger partial charge in [0, 0.05) is 33.2 Å². The molecule has 0 atom stereocenters. The molecule has 3 rings (SSSR count). The number of carbonyl (C=O) groups is 1. The van der Waals surface area contributed by atoms with E-state index in [2.05, 4.69) is 15.6 Å². The molecule has 9 nitrogen and oxygen atoms in total. The number of piperidine rings is 1. The van der Waals surface area contributed by atoms with E-state index < -0.39 is 11.2 Å². The topological polar surface area (TPSA) is 107 Å². The number of hydrogen-bond acceptors (Lipinski definition) is 6. The molecule has 1 saturated heterocycles. The van der Waals surface area contributed by atoms with Crippen LogP contribution in [0.3, 0.4) is 0 Å². The Hall–Kier alpha value is -2.52. The van der Waals surface area contributed by atoms with Crippen molar-refractivity contribution in [2.45, 2.75) is 19.8 Å². The number of methoxy groups -OCH3 is 1. The van der Waals surface area contributed by atoms with E-state index in [1.54, 1.807) is 27.1 Å². The van der Waals surface area contributed by atoms with Crippen LogP contribution in [-0.2, 0) is 18.8 Å². The summed E-state index contributed by atoms with van der Waals surface area (Å²) in [6.07, 6.45) is 1.83. The highest BCUT2D eigenvalue weighted by Gasteiger charge is 2.32. The molecule has 0 aromatic carbocycles. The monoisotopic (exact) mass is 389 g/mol. The summed E-state index contributed by atoms with van der Waals surface area (Å²) in [5.41, 5.74) is 0.0190. The minimum Gasteiger partial charge on any atom is -0.384 e. The molecule has 0 aliphatic carbocycles. The summed E-state index contributed by atoms with van der Waals surface area (Å²) >= 11 is 0. The number of ether oxygens (including phenoxy) is 1. The Morgan fingerprint density at radius 1 is 1.29 bits per heavy atom. The standard InChI is InChI=1S/C19H27N5O4/c1-12-9-13(22-15-14(12)17(26)24(3)18(27)23(15)2)16(25)21-10-19(11-28-4)5-7-20-8-6-19/h9,20H,5-8,10-11H2,1-4H3,(H,21,25). The van der Waals surface area contributed by atoms with Gasteiger partial charge in [-0.15, -0.1) is 0 Å². The van der Waals surface area contributed by atoms with Crippen molar-refractivity contribution in [3.05, 3.63) is 38.2 Å². The lowest BCUT2D eigenvalue weighted by Crippen LogP contribution is -2.47. The van der Waals surface area contributed by atoms with Crippen LogP contribution in [0.1, 0.15) is 28.9 Å². The van der Waals surface area contributed by atoms with Crippen molar-refractivity contribution in [2.24, 2.45) is 19.5 Å². The van der Waals surface area contributed by atoms with Crippen molar-refractivity contribution in [3.8, 4) is 0 Å². The maximum Gasteiger partial charge on any atom is 0.332 e. The molecule has 1 aliphatic heterocycles. The Balaban J connectivity index is 1.92. The van der Waals surface area contributed by atoms with Crippen molar-refractivity contribution >= 4 is 16.9 Å². The zero-order valence-corrected chi connectivity index (χ0v) is 16.8. The molecule has 0 unspecified atom stereocenters. The quantitative estimate of drug-likeness (QED) is 0.726. The number of aryl methyl sites for hydroxylation is 2. The number of nitrogens with zero attached hydrogens (tertiary/aromatic N) is 3. The van der Waals surface area contributed by atoms with Crippen LogP contribution in [0.25, 0.3) is 11.0 Å². The van der Waals surface area contributed by atoms with Gasteiger partial charge >= 0.3 is 5.69 Å². The van der Waals surface area contributed by atoms with Crippen molar-refractivity contribution in [1.82, 2.24) is 24.8 Å². The third-order valence-corrected chi connectivity index (χ3v) is 5.58. The number of pyridine rings is 1. The van der Waals surface area contributed by atoms with Gasteiger partial charge in [0.15, 0.2) is 0 Å². The normalized spacial score (nSPS) is 16.3. The average molecular weight is 389 g/mol. The summed E-state index contributed by atoms with van der Waals surface area (Å²) in [5, 5.41) is 6.63. The summed E-state index contributed by atoms with van der Waals surface area (Å²) < 4.78 is 7.72. The van der Waals surface area contributed by atoms with E-state index in [1.807, 2.05) is 0 Å². The Bertz CT molecular complexity index is 1010. The van der Waals surface area contributed by atoms with Crippen LogP contribution in [0.5, 0.6) is 0 Å². The van der Waals surface area contributed by atoms with E-state index in [0.29, 0.717) is 24.1 Å². The molecule has 3 heterocycles. The second-order valence-corrected chi connectivity index (χ2v) is 7.59. The predicted molar refractivity (Wildman–Crippen MR) is 106 cm³/mol. The predicted octanol–water partition coefficient (Wildman–Crippen LogP) is -0.313. The van der Waals surface area contributed by atoms with Crippen LogP contribution < -0.4 is 21.9 Å². The molecule has 9 heteroatoms. The molecule has 28 heavy (non-hydrogen) atoms. The molecule has 1 aliphatic rings. The van der Waals surface area contributed by atoms with Crippen molar-refractivity contribution in [2.75, 3.05) is 33.4 Å². The molecule has 1 amide bonds. The Morgan fingerprint density at radius 2 is 1.96 bits per heavy atom. The van der Waals surface area contributed by atoms with Crippen molar-refractivity contribution in [3.63, 3.8) is 0 Å². The van der Waals surface area contributed by atoms with Crippen LogP contribution >= 0.6 is 0 Å². The van der Waals surface area contributed by atoms with E-state index >= 15 is 0 Å². The SMILES string of the molecule is COCC1(CNC(=O)c2cc(C)c3c(=O)n(C)c(=O)n(C)c3n2)CCNCC1. The Labute approximate surface area is 162 Å². The molecule has 2 aromatic rings. The lowest BCUT2D eigenvalue weighted by molar-refractivity contribution is 0.0511. The molecule has 2 N–H and O–H groups in total. The van der Waals surface area contributed by atoms with Crippen LogP contribution in [0.4, 0.5) is 0 Å². The minimum absolute atomic E-state index is 0.107. The van der Waals surface area contributed by atoms with E-state index in [0.717, 1.165) is 30.5 Å². The average Bonchev–Trinajstić information content (AvgIpc) is 2.69. The van der Waals surface area contributed by atoms with Crippen LogP contribution in [-0.4, -0.2) is 53.4 Å². The van der Waals surface area contributed by atoms with Gasteiger partial charge in [-0.3, -0.25) is 18.7 Å². The summed E-state index contributed by atoms with van der Waals surface area (Å²) in [5.74, 6) is -0.327. The number of nitrogens with one attached hydrogen (secondary N) is 2. The zero-order valence-electron chi connectivity index (χ0n) is 16.8. The third kappa shape index (κ3) is 3.59. The largest absolute Gasteiger partial charge is 0.384 e. The summed E-state index contributed by atoms with van der Waals surface area (Å²) in [7, 11) is 4.64. The molecule has 152 valence electrons. The van der Waals surface area contributed by atoms with Crippen LogP contribution in [0.15, 0.2) is 15.7 Å². The molecular weight excluding hydrogens is 362 g/mol. The summed E-state index contributed by atoms with van der Waals surface area (Å²) in [6, 6.07) is 1.59. The van der Waals surface area contributed by atoms with Gasteiger partial charge in [-0.2, -0.15) is 0 Å². The second-order valence-electron chi connectivity index (χ2n) is 7.59.